The Balaban J connectivity index is 1.46. The first-order chi connectivity index (χ1) is 9.74. The molecule has 20 heavy (non-hydrogen) atoms. The van der Waals surface area contributed by atoms with Crippen LogP contribution in [0, 0.1) is 5.92 Å². The van der Waals surface area contributed by atoms with Gasteiger partial charge in [-0.15, -0.1) is 0 Å². The summed E-state index contributed by atoms with van der Waals surface area (Å²) in [6.45, 7) is 7.01. The molecule has 2 nitrogen and oxygen atoms in total. The van der Waals surface area contributed by atoms with Gasteiger partial charge < -0.3 is 4.90 Å². The minimum atomic E-state index is 0.571. The number of benzene rings is 1. The molecule has 1 saturated heterocycles. The summed E-state index contributed by atoms with van der Waals surface area (Å²) in [6.07, 6.45) is 6.01. The van der Waals surface area contributed by atoms with Crippen molar-refractivity contribution in [3.05, 3.63) is 35.9 Å². The van der Waals surface area contributed by atoms with Crippen molar-refractivity contribution >= 4 is 6.21 Å². The molecule has 0 N–H and O–H groups in total. The summed E-state index contributed by atoms with van der Waals surface area (Å²) in [5, 5.41) is 0. The van der Waals surface area contributed by atoms with Crippen LogP contribution in [0.4, 0.5) is 0 Å². The number of piperidine rings is 1. The van der Waals surface area contributed by atoms with E-state index in [9.17, 15) is 0 Å². The molecule has 3 rings (SSSR count). The fourth-order valence-electron chi connectivity index (χ4n) is 3.25. The monoisotopic (exact) mass is 270 g/mol. The summed E-state index contributed by atoms with van der Waals surface area (Å²) < 4.78 is 0. The molecule has 2 atom stereocenters. The molecule has 1 heterocycles. The van der Waals surface area contributed by atoms with E-state index in [1.807, 2.05) is 0 Å². The van der Waals surface area contributed by atoms with Gasteiger partial charge in [-0.2, -0.15) is 0 Å². The number of hydrogen-bond acceptors (Lipinski definition) is 2. The topological polar surface area (TPSA) is 15.6 Å². The van der Waals surface area contributed by atoms with Crippen molar-refractivity contribution in [3.63, 3.8) is 0 Å². The van der Waals surface area contributed by atoms with Gasteiger partial charge in [0.1, 0.15) is 0 Å². The average molecular weight is 270 g/mol. The predicted octanol–water partition coefficient (Wildman–Crippen LogP) is 3.73. The first-order valence-corrected chi connectivity index (χ1v) is 8.06. The highest BCUT2D eigenvalue weighted by Crippen LogP contribution is 2.46. The van der Waals surface area contributed by atoms with Crippen LogP contribution < -0.4 is 0 Å². The summed E-state index contributed by atoms with van der Waals surface area (Å²) in [5.74, 6) is 1.43. The standard InChI is InChI=1S/C18H26N2/c1-14(2)20-10-8-17(9-11-20)19-13-16-12-18(16)15-6-4-3-5-7-15/h3-7,13-14,16-18H,8-12H2,1-2H3/b19-13+/t16?,18-/m1/s1. The van der Waals surface area contributed by atoms with Gasteiger partial charge in [-0.3, -0.25) is 4.99 Å². The minimum Gasteiger partial charge on any atom is -0.301 e. The van der Waals surface area contributed by atoms with Crippen molar-refractivity contribution in [2.75, 3.05) is 13.1 Å². The Morgan fingerprint density at radius 3 is 2.50 bits per heavy atom. The Bertz CT molecular complexity index is 444. The van der Waals surface area contributed by atoms with Crippen molar-refractivity contribution in [1.82, 2.24) is 4.90 Å². The van der Waals surface area contributed by atoms with E-state index in [0.29, 0.717) is 18.0 Å². The Hall–Kier alpha value is -1.15. The van der Waals surface area contributed by atoms with Crippen molar-refractivity contribution in [1.29, 1.82) is 0 Å². The molecule has 0 bridgehead atoms. The van der Waals surface area contributed by atoms with Crippen molar-refractivity contribution in [2.45, 2.75) is 51.1 Å². The predicted molar refractivity (Wildman–Crippen MR) is 85.5 cm³/mol. The van der Waals surface area contributed by atoms with Gasteiger partial charge in [0, 0.05) is 31.3 Å². The van der Waals surface area contributed by atoms with E-state index in [4.69, 9.17) is 4.99 Å². The Morgan fingerprint density at radius 1 is 1.15 bits per heavy atom. The average Bonchev–Trinajstić information content (AvgIpc) is 3.26. The Kier molecular flexibility index (Phi) is 4.21. The molecule has 1 aliphatic heterocycles. The van der Waals surface area contributed by atoms with Crippen molar-refractivity contribution < 1.29 is 0 Å². The van der Waals surface area contributed by atoms with Crippen LogP contribution in [0.3, 0.4) is 0 Å². The molecule has 108 valence electrons. The molecule has 2 heteroatoms. The summed E-state index contributed by atoms with van der Waals surface area (Å²) in [4.78, 5) is 7.43. The second kappa shape index (κ2) is 6.09. The molecule has 0 radical (unpaired) electrons. The number of rotatable bonds is 4. The molecule has 0 spiro atoms. The lowest BCUT2D eigenvalue weighted by atomic mass is 10.0. The van der Waals surface area contributed by atoms with Crippen LogP contribution in [0.15, 0.2) is 35.3 Å². The molecule has 1 aromatic carbocycles. The minimum absolute atomic E-state index is 0.571. The van der Waals surface area contributed by atoms with E-state index in [0.717, 1.165) is 5.92 Å². The summed E-state index contributed by atoms with van der Waals surface area (Å²) in [6, 6.07) is 12.1. The van der Waals surface area contributed by atoms with Crippen LogP contribution in [0.5, 0.6) is 0 Å². The smallest absolute Gasteiger partial charge is 0.0520 e. The van der Waals surface area contributed by atoms with E-state index in [-0.39, 0.29) is 0 Å². The van der Waals surface area contributed by atoms with Gasteiger partial charge in [-0.1, -0.05) is 30.3 Å². The highest BCUT2D eigenvalue weighted by atomic mass is 15.2. The van der Waals surface area contributed by atoms with Gasteiger partial charge in [0.2, 0.25) is 0 Å². The fraction of sp³-hybridized carbons (Fsp3) is 0.611. The summed E-state index contributed by atoms with van der Waals surface area (Å²) in [5.41, 5.74) is 1.48. The van der Waals surface area contributed by atoms with Crippen LogP contribution in [0.2, 0.25) is 0 Å². The van der Waals surface area contributed by atoms with Crippen molar-refractivity contribution in [3.8, 4) is 0 Å². The van der Waals surface area contributed by atoms with Crippen molar-refractivity contribution in [2.24, 2.45) is 10.9 Å². The van der Waals surface area contributed by atoms with Gasteiger partial charge >= 0.3 is 0 Å². The quantitative estimate of drug-likeness (QED) is 0.761. The van der Waals surface area contributed by atoms with Crippen LogP contribution in [0.1, 0.15) is 44.6 Å². The zero-order valence-electron chi connectivity index (χ0n) is 12.7. The van der Waals surface area contributed by atoms with E-state index in [1.54, 1.807) is 0 Å². The third-order valence-electron chi connectivity index (χ3n) is 4.79. The lowest BCUT2D eigenvalue weighted by Gasteiger charge is -2.33. The maximum atomic E-state index is 4.86. The van der Waals surface area contributed by atoms with Crippen LogP contribution in [-0.2, 0) is 0 Å². The molecule has 0 aromatic heterocycles. The molecule has 1 aliphatic carbocycles. The zero-order chi connectivity index (χ0) is 13.9. The van der Waals surface area contributed by atoms with E-state index < -0.39 is 0 Å². The molecule has 2 fully saturated rings. The van der Waals surface area contributed by atoms with Gasteiger partial charge in [0.25, 0.3) is 0 Å². The SMILES string of the molecule is CC(C)N1CCC(/N=C/C2C[C@@H]2c2ccccc2)CC1. The molecule has 0 amide bonds. The van der Waals surface area contributed by atoms with Crippen LogP contribution in [-0.4, -0.2) is 36.3 Å². The third kappa shape index (κ3) is 3.29. The zero-order valence-corrected chi connectivity index (χ0v) is 12.7. The molecular formula is C18H26N2. The third-order valence-corrected chi connectivity index (χ3v) is 4.79. The lowest BCUT2D eigenvalue weighted by Crippen LogP contribution is -2.39. The van der Waals surface area contributed by atoms with Crippen LogP contribution in [0.25, 0.3) is 0 Å². The molecule has 2 aliphatic rings. The maximum Gasteiger partial charge on any atom is 0.0520 e. The number of likely N-dealkylation sites (tertiary alicyclic amines) is 1. The molecule has 1 aromatic rings. The first-order valence-electron chi connectivity index (χ1n) is 8.06. The lowest BCUT2D eigenvalue weighted by molar-refractivity contribution is 0.173. The molecule has 1 unspecified atom stereocenters. The van der Waals surface area contributed by atoms with E-state index in [2.05, 4.69) is 55.3 Å². The van der Waals surface area contributed by atoms with Gasteiger partial charge in [-0.25, -0.2) is 0 Å². The molecule has 1 saturated carbocycles. The Morgan fingerprint density at radius 2 is 1.85 bits per heavy atom. The molecular weight excluding hydrogens is 244 g/mol. The fourth-order valence-corrected chi connectivity index (χ4v) is 3.25. The second-order valence-electron chi connectivity index (χ2n) is 6.58. The summed E-state index contributed by atoms with van der Waals surface area (Å²) >= 11 is 0. The van der Waals surface area contributed by atoms with Gasteiger partial charge in [0.05, 0.1) is 6.04 Å². The number of aliphatic imine (C=N–C) groups is 1. The number of hydrogen-bond donors (Lipinski definition) is 0. The first kappa shape index (κ1) is 13.8. The largest absolute Gasteiger partial charge is 0.301 e. The summed E-state index contributed by atoms with van der Waals surface area (Å²) in [7, 11) is 0. The highest BCUT2D eigenvalue weighted by molar-refractivity contribution is 5.67. The van der Waals surface area contributed by atoms with E-state index in [1.165, 1.54) is 37.9 Å². The second-order valence-corrected chi connectivity index (χ2v) is 6.58. The normalized spacial score (nSPS) is 28.4. The maximum absolute atomic E-state index is 4.86. The van der Waals surface area contributed by atoms with Gasteiger partial charge in [0.15, 0.2) is 0 Å². The van der Waals surface area contributed by atoms with E-state index >= 15 is 0 Å². The Labute approximate surface area is 122 Å². The van der Waals surface area contributed by atoms with Gasteiger partial charge in [-0.05, 0) is 44.6 Å². The van der Waals surface area contributed by atoms with Crippen LogP contribution >= 0.6 is 0 Å². The number of nitrogens with zero attached hydrogens (tertiary/aromatic N) is 2. The highest BCUT2D eigenvalue weighted by Gasteiger charge is 2.36.